The van der Waals surface area contributed by atoms with Crippen molar-refractivity contribution in [1.29, 1.82) is 0 Å². The zero-order valence-electron chi connectivity index (χ0n) is 11.7. The summed E-state index contributed by atoms with van der Waals surface area (Å²) in [4.78, 5) is 23.2. The van der Waals surface area contributed by atoms with E-state index in [1.165, 1.54) is 12.1 Å². The van der Waals surface area contributed by atoms with Crippen LogP contribution in [0.25, 0.3) is 0 Å². The maximum Gasteiger partial charge on any atom is 0.337 e. The van der Waals surface area contributed by atoms with Gasteiger partial charge in [0.25, 0.3) is 5.91 Å². The van der Waals surface area contributed by atoms with Crippen molar-refractivity contribution in [2.75, 3.05) is 12.4 Å². The number of anilines is 1. The van der Waals surface area contributed by atoms with Crippen LogP contribution < -0.4 is 5.32 Å². The Morgan fingerprint density at radius 1 is 1.09 bits per heavy atom. The first kappa shape index (κ1) is 16.3. The first-order chi connectivity index (χ1) is 10.8. The number of benzene rings is 2. The first-order valence-corrected chi connectivity index (χ1v) is 6.21. The Morgan fingerprint density at radius 2 is 1.78 bits per heavy atom. The minimum Gasteiger partial charge on any atom is -0.506 e. The number of ether oxygens (including phenoxy) is 1. The van der Waals surface area contributed by atoms with E-state index in [0.717, 1.165) is 19.2 Å². The van der Waals surface area contributed by atoms with Crippen LogP contribution in [0.1, 0.15) is 20.7 Å². The van der Waals surface area contributed by atoms with Crippen molar-refractivity contribution in [2.24, 2.45) is 0 Å². The number of hydrogen-bond donors (Lipinski definition) is 2. The lowest BCUT2D eigenvalue weighted by atomic mass is 10.1. The third-order valence-corrected chi connectivity index (χ3v) is 2.95. The molecule has 0 unspecified atom stereocenters. The predicted octanol–water partition coefficient (Wildman–Crippen LogP) is 2.85. The van der Waals surface area contributed by atoms with Crippen LogP contribution in [-0.2, 0) is 4.74 Å². The summed E-state index contributed by atoms with van der Waals surface area (Å²) in [7, 11) is 1.15. The third kappa shape index (κ3) is 3.25. The SMILES string of the molecule is COC(=O)c1ccc(NC(=O)c2ccc(F)c(F)c2F)c(O)c1. The molecule has 2 aromatic rings. The number of amides is 1. The van der Waals surface area contributed by atoms with Gasteiger partial charge in [-0.05, 0) is 30.3 Å². The second-order valence-electron chi connectivity index (χ2n) is 4.40. The van der Waals surface area contributed by atoms with Crippen molar-refractivity contribution < 1.29 is 32.6 Å². The molecule has 23 heavy (non-hydrogen) atoms. The predicted molar refractivity (Wildman–Crippen MR) is 73.7 cm³/mol. The standard InChI is InChI=1S/C15H10F3NO4/c1-23-15(22)7-2-5-10(11(20)6-7)19-14(21)8-3-4-9(16)13(18)12(8)17/h2-6,20H,1H3,(H,19,21). The molecule has 0 bridgehead atoms. The summed E-state index contributed by atoms with van der Waals surface area (Å²) in [5, 5.41) is 11.9. The molecule has 120 valence electrons. The molecule has 0 heterocycles. The molecule has 0 saturated carbocycles. The van der Waals surface area contributed by atoms with Crippen LogP contribution in [0, 0.1) is 17.5 Å². The van der Waals surface area contributed by atoms with E-state index in [1.54, 1.807) is 0 Å². The normalized spacial score (nSPS) is 10.3. The van der Waals surface area contributed by atoms with Crippen molar-refractivity contribution in [3.63, 3.8) is 0 Å². The highest BCUT2D eigenvalue weighted by atomic mass is 19.2. The average Bonchev–Trinajstić information content (AvgIpc) is 2.53. The van der Waals surface area contributed by atoms with Gasteiger partial charge in [0.1, 0.15) is 5.75 Å². The second kappa shape index (κ2) is 6.39. The van der Waals surface area contributed by atoms with Crippen LogP contribution in [0.15, 0.2) is 30.3 Å². The zero-order valence-corrected chi connectivity index (χ0v) is 11.7. The monoisotopic (exact) mass is 325 g/mol. The van der Waals surface area contributed by atoms with Crippen molar-refractivity contribution in [3.05, 3.63) is 58.9 Å². The number of methoxy groups -OCH3 is 1. The quantitative estimate of drug-likeness (QED) is 0.517. The molecule has 8 heteroatoms. The van der Waals surface area contributed by atoms with Gasteiger partial charge in [-0.15, -0.1) is 0 Å². The summed E-state index contributed by atoms with van der Waals surface area (Å²) < 4.78 is 43.9. The highest BCUT2D eigenvalue weighted by Gasteiger charge is 2.20. The molecule has 0 aromatic heterocycles. The molecule has 0 saturated heterocycles. The van der Waals surface area contributed by atoms with Gasteiger partial charge in [-0.1, -0.05) is 0 Å². The number of phenolic OH excluding ortho intramolecular Hbond substituents is 1. The molecule has 0 aliphatic heterocycles. The molecule has 0 radical (unpaired) electrons. The highest BCUT2D eigenvalue weighted by molar-refractivity contribution is 6.05. The van der Waals surface area contributed by atoms with Crippen molar-refractivity contribution in [1.82, 2.24) is 0 Å². The van der Waals surface area contributed by atoms with E-state index >= 15 is 0 Å². The molecule has 5 nitrogen and oxygen atoms in total. The Morgan fingerprint density at radius 3 is 2.39 bits per heavy atom. The molecule has 0 spiro atoms. The summed E-state index contributed by atoms with van der Waals surface area (Å²) in [6, 6.07) is 4.83. The smallest absolute Gasteiger partial charge is 0.337 e. The Balaban J connectivity index is 2.27. The Labute approximate surface area is 128 Å². The van der Waals surface area contributed by atoms with E-state index in [4.69, 9.17) is 0 Å². The van der Waals surface area contributed by atoms with Gasteiger partial charge in [-0.25, -0.2) is 18.0 Å². The summed E-state index contributed by atoms with van der Waals surface area (Å²) >= 11 is 0. The minimum absolute atomic E-state index is 0.0296. The highest BCUT2D eigenvalue weighted by Crippen LogP contribution is 2.26. The molecule has 0 aliphatic rings. The number of aromatic hydroxyl groups is 1. The van der Waals surface area contributed by atoms with E-state index in [0.29, 0.717) is 6.07 Å². The fourth-order valence-corrected chi connectivity index (χ4v) is 1.77. The molecule has 0 fully saturated rings. The van der Waals surface area contributed by atoms with Crippen LogP contribution in [0.2, 0.25) is 0 Å². The zero-order chi connectivity index (χ0) is 17.1. The van der Waals surface area contributed by atoms with E-state index in [2.05, 4.69) is 10.1 Å². The van der Waals surface area contributed by atoms with Crippen LogP contribution in [0.3, 0.4) is 0 Å². The average molecular weight is 325 g/mol. The Kier molecular flexibility index (Phi) is 4.54. The van der Waals surface area contributed by atoms with Gasteiger partial charge in [0, 0.05) is 0 Å². The summed E-state index contributed by atoms with van der Waals surface area (Å²) in [6.45, 7) is 0. The van der Waals surface area contributed by atoms with Gasteiger partial charge in [-0.3, -0.25) is 4.79 Å². The number of phenols is 1. The van der Waals surface area contributed by atoms with Gasteiger partial charge in [0.15, 0.2) is 17.5 Å². The molecular weight excluding hydrogens is 315 g/mol. The van der Waals surface area contributed by atoms with E-state index in [-0.39, 0.29) is 11.3 Å². The van der Waals surface area contributed by atoms with Crippen molar-refractivity contribution in [3.8, 4) is 5.75 Å². The largest absolute Gasteiger partial charge is 0.506 e. The van der Waals surface area contributed by atoms with Crippen LogP contribution in [0.4, 0.5) is 18.9 Å². The summed E-state index contributed by atoms with van der Waals surface area (Å²) in [6.07, 6.45) is 0. The van der Waals surface area contributed by atoms with E-state index < -0.39 is 40.6 Å². The lowest BCUT2D eigenvalue weighted by Gasteiger charge is -2.09. The maximum atomic E-state index is 13.5. The van der Waals surface area contributed by atoms with E-state index in [1.807, 2.05) is 0 Å². The lowest BCUT2D eigenvalue weighted by molar-refractivity contribution is 0.0600. The van der Waals surface area contributed by atoms with Crippen LogP contribution >= 0.6 is 0 Å². The minimum atomic E-state index is -1.78. The Hall–Kier alpha value is -3.03. The number of hydrogen-bond acceptors (Lipinski definition) is 4. The number of halogens is 3. The second-order valence-corrected chi connectivity index (χ2v) is 4.40. The first-order valence-electron chi connectivity index (χ1n) is 6.21. The van der Waals surface area contributed by atoms with Gasteiger partial charge in [-0.2, -0.15) is 0 Å². The molecule has 2 N–H and O–H groups in total. The number of rotatable bonds is 3. The summed E-state index contributed by atoms with van der Waals surface area (Å²) in [5.74, 6) is -7.13. The molecule has 0 atom stereocenters. The fourth-order valence-electron chi connectivity index (χ4n) is 1.77. The number of carbonyl (C=O) groups is 2. The fraction of sp³-hybridized carbons (Fsp3) is 0.0667. The molecule has 1 amide bonds. The van der Waals surface area contributed by atoms with Crippen LogP contribution in [0.5, 0.6) is 5.75 Å². The lowest BCUT2D eigenvalue weighted by Crippen LogP contribution is -2.15. The van der Waals surface area contributed by atoms with Gasteiger partial charge >= 0.3 is 5.97 Å². The molecule has 2 rings (SSSR count). The van der Waals surface area contributed by atoms with Gasteiger partial charge < -0.3 is 15.2 Å². The number of esters is 1. The number of nitrogens with one attached hydrogen (secondary N) is 1. The van der Waals surface area contributed by atoms with E-state index in [9.17, 15) is 27.9 Å². The van der Waals surface area contributed by atoms with Crippen molar-refractivity contribution >= 4 is 17.6 Å². The molecule has 2 aromatic carbocycles. The Bertz CT molecular complexity index is 793. The molecular formula is C15H10F3NO4. The van der Waals surface area contributed by atoms with Crippen LogP contribution in [-0.4, -0.2) is 24.1 Å². The topological polar surface area (TPSA) is 75.6 Å². The van der Waals surface area contributed by atoms with Gasteiger partial charge in [0.2, 0.25) is 0 Å². The summed E-state index contributed by atoms with van der Waals surface area (Å²) in [5.41, 5.74) is -0.853. The van der Waals surface area contributed by atoms with Crippen molar-refractivity contribution in [2.45, 2.75) is 0 Å². The third-order valence-electron chi connectivity index (χ3n) is 2.95. The molecule has 0 aliphatic carbocycles. The van der Waals surface area contributed by atoms with Gasteiger partial charge in [0.05, 0.1) is 23.9 Å². The maximum absolute atomic E-state index is 13.5. The number of carbonyl (C=O) groups excluding carboxylic acids is 2.